The van der Waals surface area contributed by atoms with Crippen LogP contribution in [0.1, 0.15) is 30.4 Å². The van der Waals surface area contributed by atoms with Crippen molar-refractivity contribution in [3.05, 3.63) is 97.1 Å². The lowest BCUT2D eigenvalue weighted by molar-refractivity contribution is -0.146. The number of ether oxygens (including phenoxy) is 2. The first kappa shape index (κ1) is 32.8. The fourth-order valence-electron chi connectivity index (χ4n) is 3.91. The number of amides is 3. The van der Waals surface area contributed by atoms with Crippen molar-refractivity contribution in [3.8, 4) is 0 Å². The largest absolute Gasteiger partial charge is 0.462 e. The zero-order valence-corrected chi connectivity index (χ0v) is 23.1. The molecule has 0 saturated heterocycles. The van der Waals surface area contributed by atoms with Gasteiger partial charge >= 0.3 is 12.1 Å². The van der Waals surface area contributed by atoms with E-state index in [1.54, 1.807) is 18.2 Å². The molecule has 2 aromatic rings. The van der Waals surface area contributed by atoms with Gasteiger partial charge in [0.15, 0.2) is 0 Å². The summed E-state index contributed by atoms with van der Waals surface area (Å²) in [7, 11) is 0. The van der Waals surface area contributed by atoms with Crippen LogP contribution < -0.4 is 16.0 Å². The first-order chi connectivity index (χ1) is 19.9. The molecule has 0 saturated carbocycles. The van der Waals surface area contributed by atoms with Crippen molar-refractivity contribution >= 4 is 23.9 Å². The maximum atomic E-state index is 12.7. The van der Waals surface area contributed by atoms with Gasteiger partial charge in [-0.05, 0) is 30.4 Å². The second-order valence-electron chi connectivity index (χ2n) is 9.30. The molecule has 0 radical (unpaired) electrons. The van der Waals surface area contributed by atoms with Gasteiger partial charge in [0.05, 0.1) is 25.1 Å². The van der Waals surface area contributed by atoms with Crippen LogP contribution in [0.2, 0.25) is 0 Å². The Hall–Kier alpha value is -4.44. The zero-order chi connectivity index (χ0) is 29.9. The van der Waals surface area contributed by atoms with Gasteiger partial charge in [0.2, 0.25) is 11.8 Å². The van der Waals surface area contributed by atoms with Crippen molar-refractivity contribution in [3.63, 3.8) is 0 Å². The van der Waals surface area contributed by atoms with Gasteiger partial charge in [-0.15, -0.1) is 13.2 Å². The Morgan fingerprint density at radius 1 is 0.854 bits per heavy atom. The topological polar surface area (TPSA) is 143 Å². The number of hydrogen-bond donors (Lipinski definition) is 4. The lowest BCUT2D eigenvalue weighted by Crippen LogP contribution is -2.43. The van der Waals surface area contributed by atoms with E-state index in [-0.39, 0.29) is 51.5 Å². The summed E-state index contributed by atoms with van der Waals surface area (Å²) in [6, 6.07) is 17.1. The lowest BCUT2D eigenvalue weighted by atomic mass is 9.99. The minimum atomic E-state index is -1.00. The molecule has 0 aromatic heterocycles. The van der Waals surface area contributed by atoms with Crippen molar-refractivity contribution in [1.29, 1.82) is 0 Å². The number of nitrogens with one attached hydrogen (secondary N) is 3. The SMILES string of the molecule is C=CC[C@H](CC(=O)N[C@H](CO)Cc1ccccc1)C(=O)NCCOC(=O)[C@@H](CC=C)NC(=O)OCc1ccccc1. The molecule has 220 valence electrons. The Morgan fingerprint density at radius 2 is 1.49 bits per heavy atom. The highest BCUT2D eigenvalue weighted by atomic mass is 16.6. The molecular weight excluding hydrogens is 526 g/mol. The van der Waals surface area contributed by atoms with Gasteiger partial charge in [-0.25, -0.2) is 9.59 Å². The van der Waals surface area contributed by atoms with Gasteiger partial charge in [-0.2, -0.15) is 0 Å². The van der Waals surface area contributed by atoms with Crippen LogP contribution in [0.3, 0.4) is 0 Å². The summed E-state index contributed by atoms with van der Waals surface area (Å²) in [4.78, 5) is 50.0. The number of aliphatic hydroxyl groups excluding tert-OH is 1. The van der Waals surface area contributed by atoms with Crippen LogP contribution in [0.15, 0.2) is 86.0 Å². The van der Waals surface area contributed by atoms with Gasteiger partial charge in [0, 0.05) is 6.42 Å². The van der Waals surface area contributed by atoms with Crippen molar-refractivity contribution in [2.24, 2.45) is 5.92 Å². The van der Waals surface area contributed by atoms with E-state index in [2.05, 4.69) is 29.1 Å². The molecule has 0 heterocycles. The summed E-state index contributed by atoms with van der Waals surface area (Å²) in [6.45, 7) is 6.93. The van der Waals surface area contributed by atoms with Crippen LogP contribution in [0.4, 0.5) is 4.79 Å². The first-order valence-electron chi connectivity index (χ1n) is 13.4. The maximum absolute atomic E-state index is 12.7. The molecular formula is C31H39N3O7. The predicted octanol–water partition coefficient (Wildman–Crippen LogP) is 2.82. The van der Waals surface area contributed by atoms with E-state index in [0.29, 0.717) is 6.42 Å². The summed E-state index contributed by atoms with van der Waals surface area (Å²) >= 11 is 0. The van der Waals surface area contributed by atoms with Gasteiger partial charge < -0.3 is 30.5 Å². The highest BCUT2D eigenvalue weighted by Gasteiger charge is 2.24. The van der Waals surface area contributed by atoms with Gasteiger partial charge in [0.25, 0.3) is 0 Å². The number of allylic oxidation sites excluding steroid dienone is 1. The molecule has 0 fully saturated rings. The van der Waals surface area contributed by atoms with Crippen LogP contribution in [0, 0.1) is 5.92 Å². The lowest BCUT2D eigenvalue weighted by Gasteiger charge is -2.20. The summed E-state index contributed by atoms with van der Waals surface area (Å²) in [5.74, 6) is -2.16. The van der Waals surface area contributed by atoms with Gasteiger partial charge in [-0.3, -0.25) is 9.59 Å². The second kappa shape index (κ2) is 18.8. The Bertz CT molecular complexity index is 1130. The van der Waals surface area contributed by atoms with Crippen molar-refractivity contribution in [2.75, 3.05) is 19.8 Å². The number of hydrogen-bond acceptors (Lipinski definition) is 7. The standard InChI is InChI=1S/C31H39N3O7/c1-3-11-25(20-28(36)33-26(21-35)19-23-13-7-5-8-14-23)29(37)32-17-18-40-30(38)27(12-4-2)34-31(39)41-22-24-15-9-6-10-16-24/h3-10,13-16,25-27,35H,1-2,11-12,17-22H2,(H,32,37)(H,33,36)(H,34,39)/t25-,26+,27-/m1/s1. The van der Waals surface area contributed by atoms with E-state index < -0.39 is 36.0 Å². The number of benzene rings is 2. The number of carbonyl (C=O) groups excluding carboxylic acids is 4. The van der Waals surface area contributed by atoms with Crippen LogP contribution >= 0.6 is 0 Å². The number of rotatable bonds is 18. The Balaban J connectivity index is 1.76. The quantitative estimate of drug-likeness (QED) is 0.124. The monoisotopic (exact) mass is 565 g/mol. The summed E-state index contributed by atoms with van der Waals surface area (Å²) in [5, 5.41) is 17.6. The molecule has 0 bridgehead atoms. The first-order valence-corrected chi connectivity index (χ1v) is 13.4. The van der Waals surface area contributed by atoms with Crippen LogP contribution in [-0.4, -0.2) is 60.8 Å². The molecule has 0 aliphatic carbocycles. The molecule has 3 amide bonds. The number of alkyl carbamates (subject to hydrolysis) is 1. The Kier molecular flexibility index (Phi) is 15.0. The van der Waals surface area contributed by atoms with Crippen LogP contribution in [-0.2, 0) is 36.9 Å². The van der Waals surface area contributed by atoms with E-state index in [1.807, 2.05) is 48.5 Å². The van der Waals surface area contributed by atoms with Crippen molar-refractivity contribution in [1.82, 2.24) is 16.0 Å². The molecule has 0 aliphatic rings. The zero-order valence-electron chi connectivity index (χ0n) is 23.1. The predicted molar refractivity (Wildman–Crippen MR) is 154 cm³/mol. The van der Waals surface area contributed by atoms with Crippen LogP contribution in [0.5, 0.6) is 0 Å². The van der Waals surface area contributed by atoms with E-state index in [9.17, 15) is 24.3 Å². The van der Waals surface area contributed by atoms with E-state index in [4.69, 9.17) is 9.47 Å². The molecule has 10 nitrogen and oxygen atoms in total. The minimum absolute atomic E-state index is 0.00632. The summed E-state index contributed by atoms with van der Waals surface area (Å²) in [6.07, 6.45) is 2.99. The second-order valence-corrected chi connectivity index (χ2v) is 9.30. The third kappa shape index (κ3) is 13.0. The minimum Gasteiger partial charge on any atom is -0.462 e. The summed E-state index contributed by atoms with van der Waals surface area (Å²) in [5.41, 5.74) is 1.77. The van der Waals surface area contributed by atoms with E-state index >= 15 is 0 Å². The third-order valence-corrected chi connectivity index (χ3v) is 6.00. The van der Waals surface area contributed by atoms with Gasteiger partial charge in [0.1, 0.15) is 19.3 Å². The molecule has 41 heavy (non-hydrogen) atoms. The molecule has 0 unspecified atom stereocenters. The molecule has 3 atom stereocenters. The fourth-order valence-corrected chi connectivity index (χ4v) is 3.91. The number of carbonyl (C=O) groups is 4. The smallest absolute Gasteiger partial charge is 0.408 e. The summed E-state index contributed by atoms with van der Waals surface area (Å²) < 4.78 is 10.4. The fraction of sp³-hybridized carbons (Fsp3) is 0.355. The Labute approximate surface area is 240 Å². The van der Waals surface area contributed by atoms with Gasteiger partial charge in [-0.1, -0.05) is 72.8 Å². The molecule has 0 aliphatic heterocycles. The molecule has 0 spiro atoms. The number of esters is 1. The molecule has 2 rings (SSSR count). The van der Waals surface area contributed by atoms with E-state index in [0.717, 1.165) is 11.1 Å². The van der Waals surface area contributed by atoms with Crippen LogP contribution in [0.25, 0.3) is 0 Å². The Morgan fingerprint density at radius 3 is 2.10 bits per heavy atom. The third-order valence-electron chi connectivity index (χ3n) is 6.00. The highest BCUT2D eigenvalue weighted by molar-refractivity contribution is 5.86. The van der Waals surface area contributed by atoms with Crippen molar-refractivity contribution in [2.45, 2.75) is 44.4 Å². The molecule has 10 heteroatoms. The normalized spacial score (nSPS) is 12.6. The molecule has 2 aromatic carbocycles. The maximum Gasteiger partial charge on any atom is 0.408 e. The van der Waals surface area contributed by atoms with Crippen molar-refractivity contribution < 1.29 is 33.8 Å². The average molecular weight is 566 g/mol. The average Bonchev–Trinajstić information content (AvgIpc) is 2.98. The van der Waals surface area contributed by atoms with E-state index in [1.165, 1.54) is 6.08 Å². The molecule has 4 N–H and O–H groups in total. The number of aliphatic hydroxyl groups is 1. The highest BCUT2D eigenvalue weighted by Crippen LogP contribution is 2.11.